The Morgan fingerprint density at radius 2 is 2.00 bits per heavy atom. The van der Waals surface area contributed by atoms with Crippen LogP contribution in [-0.2, 0) is 34.2 Å². The van der Waals surface area contributed by atoms with Crippen molar-refractivity contribution in [2.24, 2.45) is 0 Å². The molecular formula is C10H17N3O9S2. The Kier molecular flexibility index (Phi) is 5.34. The third kappa shape index (κ3) is 4.76. The van der Waals surface area contributed by atoms with Crippen molar-refractivity contribution in [3.8, 4) is 0 Å². The maximum Gasteiger partial charge on any atom is 0.418 e. The van der Waals surface area contributed by atoms with E-state index in [4.69, 9.17) is 9.39 Å². The topological polar surface area (TPSA) is 160 Å². The van der Waals surface area contributed by atoms with Gasteiger partial charge in [0.05, 0.1) is 18.4 Å². The molecule has 2 aliphatic rings. The van der Waals surface area contributed by atoms with E-state index in [0.29, 0.717) is 5.06 Å². The maximum absolute atomic E-state index is 12.1. The van der Waals surface area contributed by atoms with Gasteiger partial charge in [0.15, 0.2) is 0 Å². The molecule has 2 aliphatic heterocycles. The smallest absolute Gasteiger partial charge is 0.309 e. The summed E-state index contributed by atoms with van der Waals surface area (Å²) in [4.78, 5) is 30.0. The van der Waals surface area contributed by atoms with Crippen LogP contribution in [0, 0.1) is 0 Å². The highest BCUT2D eigenvalue weighted by molar-refractivity contribution is 7.90. The SMILES string of the molecule is CS(=O)(=O)CCONC(=O)[C@@H]1CC[C@@H]2CN1C(=O)N2OS(=O)(=O)O. The first-order valence-corrected chi connectivity index (χ1v) is 10.3. The highest BCUT2D eigenvalue weighted by Gasteiger charge is 2.49. The Labute approximate surface area is 138 Å². The lowest BCUT2D eigenvalue weighted by Gasteiger charge is -2.28. The number of nitrogens with zero attached hydrogens (tertiary/aromatic N) is 2. The number of nitrogens with one attached hydrogen (secondary N) is 1. The van der Waals surface area contributed by atoms with Gasteiger partial charge in [-0.25, -0.2) is 18.7 Å². The van der Waals surface area contributed by atoms with Crippen molar-refractivity contribution in [3.05, 3.63) is 0 Å². The molecule has 2 N–H and O–H groups in total. The molecule has 138 valence electrons. The average molecular weight is 387 g/mol. The van der Waals surface area contributed by atoms with Gasteiger partial charge < -0.3 is 4.90 Å². The Balaban J connectivity index is 1.92. The van der Waals surface area contributed by atoms with Gasteiger partial charge in [-0.15, -0.1) is 4.28 Å². The molecule has 14 heteroatoms. The molecular weight excluding hydrogens is 370 g/mol. The first kappa shape index (κ1) is 18.9. The monoisotopic (exact) mass is 387 g/mol. The van der Waals surface area contributed by atoms with Crippen LogP contribution in [0.5, 0.6) is 0 Å². The Morgan fingerprint density at radius 1 is 1.33 bits per heavy atom. The van der Waals surface area contributed by atoms with Crippen molar-refractivity contribution in [1.82, 2.24) is 15.4 Å². The van der Waals surface area contributed by atoms with Crippen molar-refractivity contribution in [1.29, 1.82) is 0 Å². The third-order valence-corrected chi connectivity index (χ3v) is 4.79. The number of hydrogen-bond acceptors (Lipinski definition) is 8. The number of rotatable bonds is 7. The maximum atomic E-state index is 12.1. The van der Waals surface area contributed by atoms with E-state index in [0.717, 1.165) is 11.2 Å². The number of carbonyl (C=O) groups is 2. The number of sulfone groups is 1. The minimum Gasteiger partial charge on any atom is -0.309 e. The van der Waals surface area contributed by atoms with Crippen molar-refractivity contribution in [2.45, 2.75) is 24.9 Å². The molecule has 0 aromatic rings. The fourth-order valence-electron chi connectivity index (χ4n) is 2.49. The summed E-state index contributed by atoms with van der Waals surface area (Å²) >= 11 is 0. The quantitative estimate of drug-likeness (QED) is 0.288. The van der Waals surface area contributed by atoms with Crippen LogP contribution in [0.25, 0.3) is 0 Å². The van der Waals surface area contributed by atoms with Gasteiger partial charge in [0.1, 0.15) is 15.9 Å². The first-order valence-electron chi connectivity index (χ1n) is 6.84. The van der Waals surface area contributed by atoms with Crippen LogP contribution in [0.3, 0.4) is 0 Å². The Hall–Kier alpha value is -1.48. The third-order valence-electron chi connectivity index (χ3n) is 3.53. The second kappa shape index (κ2) is 6.79. The molecule has 0 radical (unpaired) electrons. The van der Waals surface area contributed by atoms with E-state index in [1.54, 1.807) is 0 Å². The summed E-state index contributed by atoms with van der Waals surface area (Å²) in [6.07, 6.45) is 1.52. The molecule has 0 saturated carbocycles. The van der Waals surface area contributed by atoms with E-state index in [1.807, 2.05) is 0 Å². The van der Waals surface area contributed by atoms with Crippen LogP contribution in [0.4, 0.5) is 4.79 Å². The van der Waals surface area contributed by atoms with Gasteiger partial charge in [0.2, 0.25) is 0 Å². The van der Waals surface area contributed by atoms with Gasteiger partial charge in [-0.1, -0.05) is 0 Å². The summed E-state index contributed by atoms with van der Waals surface area (Å²) in [6, 6.07) is -2.39. The van der Waals surface area contributed by atoms with Crippen LogP contribution < -0.4 is 5.48 Å². The molecule has 2 bridgehead atoms. The second-order valence-corrected chi connectivity index (χ2v) is 8.72. The molecule has 3 amide bonds. The minimum atomic E-state index is -4.85. The number of piperidine rings is 1. The van der Waals surface area contributed by atoms with Crippen LogP contribution in [0.2, 0.25) is 0 Å². The van der Waals surface area contributed by atoms with Crippen LogP contribution >= 0.6 is 0 Å². The van der Waals surface area contributed by atoms with E-state index in [9.17, 15) is 26.4 Å². The zero-order chi connectivity index (χ0) is 18.1. The number of urea groups is 1. The normalized spacial score (nSPS) is 24.3. The summed E-state index contributed by atoms with van der Waals surface area (Å²) in [5.41, 5.74) is 2.07. The molecule has 2 atom stereocenters. The van der Waals surface area contributed by atoms with E-state index >= 15 is 0 Å². The van der Waals surface area contributed by atoms with E-state index in [1.165, 1.54) is 0 Å². The second-order valence-electron chi connectivity index (χ2n) is 5.45. The molecule has 2 heterocycles. The molecule has 0 aromatic carbocycles. The number of hydroxylamine groups is 3. The molecule has 24 heavy (non-hydrogen) atoms. The predicted octanol–water partition coefficient (Wildman–Crippen LogP) is -1.92. The lowest BCUT2D eigenvalue weighted by molar-refractivity contribution is -0.138. The summed E-state index contributed by atoms with van der Waals surface area (Å²) in [7, 11) is -8.09. The zero-order valence-corrected chi connectivity index (χ0v) is 14.2. The van der Waals surface area contributed by atoms with Gasteiger partial charge in [0, 0.05) is 12.8 Å². The number of carbonyl (C=O) groups excluding carboxylic acids is 2. The van der Waals surface area contributed by atoms with Gasteiger partial charge >= 0.3 is 16.4 Å². The molecule has 2 saturated heterocycles. The largest absolute Gasteiger partial charge is 0.418 e. The number of hydrogen-bond donors (Lipinski definition) is 2. The lowest BCUT2D eigenvalue weighted by Crippen LogP contribution is -2.49. The molecule has 12 nitrogen and oxygen atoms in total. The Morgan fingerprint density at radius 3 is 2.58 bits per heavy atom. The van der Waals surface area contributed by atoms with Gasteiger partial charge in [0.25, 0.3) is 5.91 Å². The van der Waals surface area contributed by atoms with Crippen molar-refractivity contribution in [3.63, 3.8) is 0 Å². The first-order chi connectivity index (χ1) is 11.0. The highest BCUT2D eigenvalue weighted by atomic mass is 32.3. The standard InChI is InChI=1S/C10H17N3O9S2/c1-23(16,17)5-4-21-11-9(14)8-3-2-7-6-12(8)10(15)13(7)22-24(18,19)20/h7-8H,2-6H2,1H3,(H,11,14)(H,18,19,20)/t7-,8+/m1/s1. The fraction of sp³-hybridized carbons (Fsp3) is 0.800. The van der Waals surface area contributed by atoms with E-state index in [-0.39, 0.29) is 31.7 Å². The molecule has 0 spiro atoms. The van der Waals surface area contributed by atoms with Gasteiger partial charge in [-0.3, -0.25) is 14.2 Å². The fourth-order valence-corrected chi connectivity index (χ4v) is 3.26. The molecule has 0 unspecified atom stereocenters. The van der Waals surface area contributed by atoms with E-state index < -0.39 is 44.3 Å². The van der Waals surface area contributed by atoms with Crippen molar-refractivity contribution < 1.29 is 40.1 Å². The average Bonchev–Trinajstić information content (AvgIpc) is 2.66. The number of fused-ring (bicyclic) bond motifs is 2. The molecule has 2 rings (SSSR count). The molecule has 0 aromatic heterocycles. The van der Waals surface area contributed by atoms with Gasteiger partial charge in [-0.2, -0.15) is 13.5 Å². The lowest BCUT2D eigenvalue weighted by atomic mass is 10.0. The summed E-state index contributed by atoms with van der Waals surface area (Å²) in [5.74, 6) is -0.942. The van der Waals surface area contributed by atoms with Crippen LogP contribution in [0.15, 0.2) is 0 Å². The van der Waals surface area contributed by atoms with Crippen LogP contribution in [-0.4, -0.2) is 80.5 Å². The van der Waals surface area contributed by atoms with Crippen molar-refractivity contribution >= 4 is 32.2 Å². The number of amides is 3. The predicted molar refractivity (Wildman–Crippen MR) is 77.2 cm³/mol. The minimum absolute atomic E-state index is 0.0514. The molecule has 2 fully saturated rings. The van der Waals surface area contributed by atoms with E-state index in [2.05, 4.69) is 9.76 Å². The summed E-state index contributed by atoms with van der Waals surface area (Å²) in [5, 5.41) is 0.521. The van der Waals surface area contributed by atoms with Crippen molar-refractivity contribution in [2.75, 3.05) is 25.2 Å². The summed E-state index contributed by atoms with van der Waals surface area (Å²) < 4.78 is 56.3. The zero-order valence-electron chi connectivity index (χ0n) is 12.6. The Bertz CT molecular complexity index is 720. The van der Waals surface area contributed by atoms with Crippen LogP contribution in [0.1, 0.15) is 12.8 Å². The highest BCUT2D eigenvalue weighted by Crippen LogP contribution is 2.30. The summed E-state index contributed by atoms with van der Waals surface area (Å²) in [6.45, 7) is -0.193. The molecule has 0 aliphatic carbocycles. The van der Waals surface area contributed by atoms with Gasteiger partial charge in [-0.05, 0) is 12.8 Å².